The lowest BCUT2D eigenvalue weighted by Crippen LogP contribution is -2.02. The van der Waals surface area contributed by atoms with Crippen molar-refractivity contribution >= 4 is 49.9 Å². The van der Waals surface area contributed by atoms with Crippen LogP contribution in [0.15, 0.2) is 15.6 Å². The van der Waals surface area contributed by atoms with Crippen LogP contribution in [0.4, 0.5) is 10.1 Å². The summed E-state index contributed by atoms with van der Waals surface area (Å²) in [4.78, 5) is 0. The van der Waals surface area contributed by atoms with E-state index < -0.39 is 11.5 Å². The van der Waals surface area contributed by atoms with Crippen molar-refractivity contribution in [3.63, 3.8) is 0 Å². The maximum atomic E-state index is 13.6. The van der Waals surface area contributed by atoms with Gasteiger partial charge in [0.1, 0.15) is 23.8 Å². The molecule has 88 valence electrons. The molecule has 0 saturated carbocycles. The van der Waals surface area contributed by atoms with Crippen molar-refractivity contribution in [3.8, 4) is 18.2 Å². The second-order valence-corrected chi connectivity index (χ2v) is 4.83. The maximum absolute atomic E-state index is 13.6. The Labute approximate surface area is 124 Å². The van der Waals surface area contributed by atoms with E-state index in [1.807, 2.05) is 22.6 Å². The van der Waals surface area contributed by atoms with Crippen molar-refractivity contribution in [1.29, 1.82) is 15.8 Å². The van der Waals surface area contributed by atoms with Gasteiger partial charge in [-0.25, -0.2) is 4.39 Å². The van der Waals surface area contributed by atoms with Gasteiger partial charge < -0.3 is 0 Å². The van der Waals surface area contributed by atoms with Crippen LogP contribution in [-0.2, 0) is 0 Å². The van der Waals surface area contributed by atoms with Crippen molar-refractivity contribution in [3.05, 3.63) is 25.5 Å². The van der Waals surface area contributed by atoms with Crippen molar-refractivity contribution in [2.24, 2.45) is 5.10 Å². The molecule has 0 radical (unpaired) electrons. The Morgan fingerprint density at radius 2 is 2.00 bits per heavy atom. The minimum atomic E-state index is -0.730. The molecule has 1 aromatic carbocycles. The van der Waals surface area contributed by atoms with Crippen LogP contribution in [0, 0.1) is 43.4 Å². The molecule has 5 nitrogen and oxygen atoms in total. The first kappa shape index (κ1) is 14.4. The van der Waals surface area contributed by atoms with E-state index in [4.69, 9.17) is 15.8 Å². The molecule has 1 N–H and O–H groups in total. The van der Waals surface area contributed by atoms with Crippen molar-refractivity contribution in [2.45, 2.75) is 0 Å². The number of anilines is 1. The lowest BCUT2D eigenvalue weighted by Gasteiger charge is -2.08. The largest absolute Gasteiger partial charge is 0.274 e. The number of nitrogens with zero attached hydrogens (tertiary/aromatic N) is 4. The topological polar surface area (TPSA) is 95.8 Å². The molecule has 0 heterocycles. The van der Waals surface area contributed by atoms with Crippen LogP contribution in [0.25, 0.3) is 0 Å². The summed E-state index contributed by atoms with van der Waals surface area (Å²) in [6.07, 6.45) is 0. The highest BCUT2D eigenvalue weighted by atomic mass is 127. The Morgan fingerprint density at radius 3 is 2.50 bits per heavy atom. The first-order chi connectivity index (χ1) is 8.54. The van der Waals surface area contributed by atoms with E-state index in [1.54, 1.807) is 18.2 Å². The zero-order valence-corrected chi connectivity index (χ0v) is 12.2. The molecule has 1 rings (SSSR count). The number of rotatable bonds is 2. The molecule has 8 heteroatoms. The molecular formula is C10H2BrFIN5. The third-order valence-electron chi connectivity index (χ3n) is 1.77. The Balaban J connectivity index is 3.32. The molecule has 0 spiro atoms. The number of benzene rings is 1. The van der Waals surface area contributed by atoms with Gasteiger partial charge in [-0.1, -0.05) is 0 Å². The average Bonchev–Trinajstić information content (AvgIpc) is 2.36. The highest BCUT2D eigenvalue weighted by Gasteiger charge is 2.15. The van der Waals surface area contributed by atoms with Crippen LogP contribution in [0.5, 0.6) is 0 Å². The summed E-state index contributed by atoms with van der Waals surface area (Å²) in [6.45, 7) is 0. The molecule has 0 unspecified atom stereocenters. The van der Waals surface area contributed by atoms with Crippen LogP contribution in [-0.4, -0.2) is 5.71 Å². The van der Waals surface area contributed by atoms with Crippen molar-refractivity contribution in [1.82, 2.24) is 0 Å². The molecule has 0 bridgehead atoms. The van der Waals surface area contributed by atoms with Gasteiger partial charge in [-0.2, -0.15) is 20.9 Å². The zero-order chi connectivity index (χ0) is 13.7. The summed E-state index contributed by atoms with van der Waals surface area (Å²) in [5.74, 6) is -0.730. The third kappa shape index (κ3) is 2.95. The van der Waals surface area contributed by atoms with Crippen LogP contribution in [0.2, 0.25) is 0 Å². The predicted octanol–water partition coefficient (Wildman–Crippen LogP) is 2.88. The van der Waals surface area contributed by atoms with Crippen LogP contribution in [0.3, 0.4) is 0 Å². The van der Waals surface area contributed by atoms with E-state index in [9.17, 15) is 4.39 Å². The van der Waals surface area contributed by atoms with E-state index in [1.165, 1.54) is 6.07 Å². The molecule has 0 fully saturated rings. The molecule has 0 aliphatic heterocycles. The van der Waals surface area contributed by atoms with Crippen LogP contribution < -0.4 is 5.43 Å². The number of nitriles is 3. The van der Waals surface area contributed by atoms with E-state index >= 15 is 0 Å². The Morgan fingerprint density at radius 1 is 1.39 bits per heavy atom. The Hall–Kier alpha value is -1.70. The molecule has 0 aliphatic rings. The molecule has 0 aliphatic carbocycles. The van der Waals surface area contributed by atoms with Gasteiger partial charge in [0.2, 0.25) is 5.71 Å². The molecule has 0 saturated heterocycles. The number of nitrogens with one attached hydrogen (secondary N) is 1. The lowest BCUT2D eigenvalue weighted by molar-refractivity contribution is 0.617. The number of halogens is 3. The van der Waals surface area contributed by atoms with Gasteiger partial charge in [0.25, 0.3) is 0 Å². The molecule has 0 aromatic heterocycles. The van der Waals surface area contributed by atoms with E-state index in [-0.39, 0.29) is 15.7 Å². The van der Waals surface area contributed by atoms with Crippen LogP contribution in [0.1, 0.15) is 5.56 Å². The van der Waals surface area contributed by atoms with E-state index in [0.29, 0.717) is 3.57 Å². The summed E-state index contributed by atoms with van der Waals surface area (Å²) < 4.78 is 14.3. The third-order valence-corrected chi connectivity index (χ3v) is 3.20. The molecule has 1 aromatic rings. The smallest absolute Gasteiger partial charge is 0.237 e. The van der Waals surface area contributed by atoms with Gasteiger partial charge in [-0.05, 0) is 44.6 Å². The SMILES string of the molecule is N#CC(C#N)=NNc1c(I)cc(Br)c(F)c1C#N. The summed E-state index contributed by atoms with van der Waals surface area (Å²) >= 11 is 4.86. The first-order valence-electron chi connectivity index (χ1n) is 4.26. The van der Waals surface area contributed by atoms with E-state index in [0.717, 1.165) is 0 Å². The van der Waals surface area contributed by atoms with E-state index in [2.05, 4.69) is 26.5 Å². The van der Waals surface area contributed by atoms with Crippen LogP contribution >= 0.6 is 38.5 Å². The fourth-order valence-electron chi connectivity index (χ4n) is 0.996. The quantitative estimate of drug-likeness (QED) is 0.346. The molecule has 0 atom stereocenters. The highest BCUT2D eigenvalue weighted by Crippen LogP contribution is 2.30. The fraction of sp³-hybridized carbons (Fsp3) is 0. The average molecular weight is 418 g/mol. The minimum Gasteiger partial charge on any atom is -0.274 e. The maximum Gasteiger partial charge on any atom is 0.237 e. The number of hydrogen-bond donors (Lipinski definition) is 1. The molecular weight excluding hydrogens is 416 g/mol. The summed E-state index contributed by atoms with van der Waals surface area (Å²) in [6, 6.07) is 6.24. The normalized spacial score (nSPS) is 8.67. The van der Waals surface area contributed by atoms with Gasteiger partial charge in [0.05, 0.1) is 10.2 Å². The summed E-state index contributed by atoms with van der Waals surface area (Å²) in [7, 11) is 0. The molecule has 18 heavy (non-hydrogen) atoms. The highest BCUT2D eigenvalue weighted by molar-refractivity contribution is 14.1. The number of hydrogen-bond acceptors (Lipinski definition) is 5. The second-order valence-electron chi connectivity index (χ2n) is 2.81. The van der Waals surface area contributed by atoms with Gasteiger partial charge in [-0.3, -0.25) is 5.43 Å². The van der Waals surface area contributed by atoms with Gasteiger partial charge in [-0.15, -0.1) is 0 Å². The standard InChI is InChI=1S/C10H2BrFIN5/c11-7-1-8(13)10(6(4-16)9(7)12)18-17-5(2-14)3-15/h1,18H. The predicted molar refractivity (Wildman–Crippen MR) is 73.8 cm³/mol. The van der Waals surface area contributed by atoms with Gasteiger partial charge >= 0.3 is 0 Å². The summed E-state index contributed by atoms with van der Waals surface area (Å²) in [5, 5.41) is 29.4. The minimum absolute atomic E-state index is 0.113. The Bertz CT molecular complexity index is 634. The van der Waals surface area contributed by atoms with Gasteiger partial charge in [0, 0.05) is 3.57 Å². The number of hydrazone groups is 1. The van der Waals surface area contributed by atoms with Crippen molar-refractivity contribution < 1.29 is 4.39 Å². The Kier molecular flexibility index (Phi) is 5.02. The molecule has 0 amide bonds. The second kappa shape index (κ2) is 6.29. The fourth-order valence-corrected chi connectivity index (χ4v) is 2.55. The van der Waals surface area contributed by atoms with Crippen molar-refractivity contribution in [2.75, 3.05) is 5.43 Å². The zero-order valence-electron chi connectivity index (χ0n) is 8.50. The first-order valence-corrected chi connectivity index (χ1v) is 6.13. The summed E-state index contributed by atoms with van der Waals surface area (Å²) in [5.41, 5.74) is 1.81. The van der Waals surface area contributed by atoms with Gasteiger partial charge in [0.15, 0.2) is 5.82 Å². The lowest BCUT2D eigenvalue weighted by atomic mass is 10.2. The monoisotopic (exact) mass is 417 g/mol.